The van der Waals surface area contributed by atoms with Crippen LogP contribution in [0.3, 0.4) is 0 Å². The van der Waals surface area contributed by atoms with Gasteiger partial charge in [0.25, 0.3) is 11.5 Å². The summed E-state index contributed by atoms with van der Waals surface area (Å²) in [4.78, 5) is 23.3. The Hall–Kier alpha value is -1.89. The molecule has 3 rings (SSSR count). The summed E-state index contributed by atoms with van der Waals surface area (Å²) in [5.41, 5.74) is 1.58. The molecular formula is C13H12BrN3O3. The number of aromatic amines is 1. The molecule has 0 radical (unpaired) electrons. The Kier molecular flexibility index (Phi) is 3.43. The van der Waals surface area contributed by atoms with Crippen LogP contribution >= 0.6 is 15.9 Å². The van der Waals surface area contributed by atoms with Crippen molar-refractivity contribution >= 4 is 21.8 Å². The van der Waals surface area contributed by atoms with Gasteiger partial charge >= 0.3 is 0 Å². The number of fused-ring (bicyclic) bond motifs is 1. The molecule has 0 aliphatic heterocycles. The molecule has 0 spiro atoms. The number of hydrogen-bond acceptors (Lipinski definition) is 4. The Morgan fingerprint density at radius 1 is 1.50 bits per heavy atom. The maximum absolute atomic E-state index is 12.0. The van der Waals surface area contributed by atoms with Crippen LogP contribution < -0.4 is 10.9 Å². The van der Waals surface area contributed by atoms with E-state index in [-0.39, 0.29) is 23.3 Å². The van der Waals surface area contributed by atoms with Gasteiger partial charge in [-0.15, -0.1) is 0 Å². The van der Waals surface area contributed by atoms with Gasteiger partial charge in [-0.05, 0) is 52.9 Å². The predicted octanol–water partition coefficient (Wildman–Crippen LogP) is 1.41. The van der Waals surface area contributed by atoms with Crippen LogP contribution in [0, 0.1) is 0 Å². The molecule has 2 aromatic rings. The molecule has 2 heterocycles. The Balaban J connectivity index is 1.71. The summed E-state index contributed by atoms with van der Waals surface area (Å²) in [6, 6.07) is 4.82. The Labute approximate surface area is 122 Å². The highest BCUT2D eigenvalue weighted by molar-refractivity contribution is 9.10. The van der Waals surface area contributed by atoms with E-state index in [0.717, 1.165) is 24.1 Å². The van der Waals surface area contributed by atoms with E-state index in [1.807, 2.05) is 0 Å². The normalized spacial score (nSPS) is 17.6. The van der Waals surface area contributed by atoms with E-state index >= 15 is 0 Å². The summed E-state index contributed by atoms with van der Waals surface area (Å²) >= 11 is 3.16. The number of carbonyl (C=O) groups excluding carboxylic acids is 1. The highest BCUT2D eigenvalue weighted by Gasteiger charge is 2.23. The molecule has 1 aliphatic rings. The summed E-state index contributed by atoms with van der Waals surface area (Å²) in [5.74, 6) is 0.0219. The Morgan fingerprint density at radius 2 is 2.35 bits per heavy atom. The van der Waals surface area contributed by atoms with Gasteiger partial charge in [0.15, 0.2) is 10.4 Å². The third kappa shape index (κ3) is 2.67. The van der Waals surface area contributed by atoms with Gasteiger partial charge in [-0.25, -0.2) is 5.10 Å². The van der Waals surface area contributed by atoms with Crippen molar-refractivity contribution in [3.05, 3.63) is 50.2 Å². The van der Waals surface area contributed by atoms with Gasteiger partial charge in [-0.2, -0.15) is 5.10 Å². The molecule has 1 aliphatic carbocycles. The van der Waals surface area contributed by atoms with E-state index < -0.39 is 0 Å². The second kappa shape index (κ2) is 5.24. The number of H-pyrrole nitrogens is 1. The van der Waals surface area contributed by atoms with Gasteiger partial charge in [-0.3, -0.25) is 9.59 Å². The molecule has 0 bridgehead atoms. The quantitative estimate of drug-likeness (QED) is 0.867. The van der Waals surface area contributed by atoms with Crippen molar-refractivity contribution in [1.29, 1.82) is 0 Å². The number of aromatic nitrogens is 2. The molecule has 104 valence electrons. The number of nitrogens with zero attached hydrogens (tertiary/aromatic N) is 1. The van der Waals surface area contributed by atoms with Gasteiger partial charge in [0.1, 0.15) is 0 Å². The number of halogens is 1. The average Bonchev–Trinajstić information content (AvgIpc) is 2.85. The Bertz CT molecular complexity index is 707. The first-order valence-corrected chi connectivity index (χ1v) is 7.05. The highest BCUT2D eigenvalue weighted by Crippen LogP contribution is 2.19. The number of nitrogens with one attached hydrogen (secondary N) is 2. The van der Waals surface area contributed by atoms with Gasteiger partial charge in [0.05, 0.1) is 5.69 Å². The fourth-order valence-corrected chi connectivity index (χ4v) is 2.66. The zero-order chi connectivity index (χ0) is 14.1. The van der Waals surface area contributed by atoms with Gasteiger partial charge < -0.3 is 9.73 Å². The maximum Gasteiger partial charge on any atom is 0.287 e. The third-order valence-corrected chi connectivity index (χ3v) is 3.73. The maximum atomic E-state index is 12.0. The first-order chi connectivity index (χ1) is 9.61. The fraction of sp³-hybridized carbons (Fsp3) is 0.308. The summed E-state index contributed by atoms with van der Waals surface area (Å²) < 4.78 is 5.73. The number of hydrogen-bond donors (Lipinski definition) is 2. The van der Waals surface area contributed by atoms with E-state index in [9.17, 15) is 9.59 Å². The van der Waals surface area contributed by atoms with Gasteiger partial charge in [0, 0.05) is 12.1 Å². The van der Waals surface area contributed by atoms with Crippen molar-refractivity contribution in [2.24, 2.45) is 0 Å². The second-order valence-corrected chi connectivity index (χ2v) is 5.50. The fourth-order valence-electron chi connectivity index (χ4n) is 2.36. The molecule has 20 heavy (non-hydrogen) atoms. The number of rotatable bonds is 2. The Morgan fingerprint density at radius 3 is 3.10 bits per heavy atom. The molecule has 2 N–H and O–H groups in total. The highest BCUT2D eigenvalue weighted by atomic mass is 79.9. The smallest absolute Gasteiger partial charge is 0.287 e. The first-order valence-electron chi connectivity index (χ1n) is 6.25. The lowest BCUT2D eigenvalue weighted by atomic mass is 9.92. The molecule has 0 saturated carbocycles. The molecule has 0 fully saturated rings. The standard InChI is InChI=1S/C13H12BrN3O3/c14-11-4-3-10(20-11)13(19)15-8-1-2-9-7(5-8)6-12(18)17-16-9/h3-4,6,8H,1-2,5H2,(H,15,19)(H,17,18)/t8-/m1/s1. The first kappa shape index (κ1) is 13.1. The molecule has 0 unspecified atom stereocenters. The zero-order valence-corrected chi connectivity index (χ0v) is 12.1. The minimum atomic E-state index is -0.248. The summed E-state index contributed by atoms with van der Waals surface area (Å²) in [5, 5.41) is 9.36. The van der Waals surface area contributed by atoms with Crippen molar-refractivity contribution in [2.75, 3.05) is 0 Å². The number of aryl methyl sites for hydroxylation is 1. The van der Waals surface area contributed by atoms with Crippen LogP contribution in [0.4, 0.5) is 0 Å². The molecule has 1 amide bonds. The van der Waals surface area contributed by atoms with E-state index in [4.69, 9.17) is 4.42 Å². The molecule has 1 atom stereocenters. The zero-order valence-electron chi connectivity index (χ0n) is 10.5. The second-order valence-electron chi connectivity index (χ2n) is 4.72. The van der Waals surface area contributed by atoms with Crippen LogP contribution in [-0.4, -0.2) is 22.1 Å². The van der Waals surface area contributed by atoms with E-state index in [1.54, 1.807) is 18.2 Å². The van der Waals surface area contributed by atoms with Crippen LogP contribution in [0.1, 0.15) is 28.2 Å². The van der Waals surface area contributed by atoms with Gasteiger partial charge in [0.2, 0.25) is 0 Å². The largest absolute Gasteiger partial charge is 0.444 e. The predicted molar refractivity (Wildman–Crippen MR) is 74.5 cm³/mol. The monoisotopic (exact) mass is 337 g/mol. The van der Waals surface area contributed by atoms with Crippen LogP contribution in [0.2, 0.25) is 0 Å². The van der Waals surface area contributed by atoms with Crippen LogP contribution in [0.5, 0.6) is 0 Å². The average molecular weight is 338 g/mol. The van der Waals surface area contributed by atoms with Crippen molar-refractivity contribution in [3.63, 3.8) is 0 Å². The SMILES string of the molecule is O=C(N[C@@H]1CCc2n[nH]c(=O)cc2C1)c1ccc(Br)o1. The molecule has 2 aromatic heterocycles. The number of amides is 1. The van der Waals surface area contributed by atoms with Crippen molar-refractivity contribution in [3.8, 4) is 0 Å². The van der Waals surface area contributed by atoms with E-state index in [1.165, 1.54) is 0 Å². The van der Waals surface area contributed by atoms with Crippen molar-refractivity contribution < 1.29 is 9.21 Å². The van der Waals surface area contributed by atoms with Crippen molar-refractivity contribution in [2.45, 2.75) is 25.3 Å². The molecular weight excluding hydrogens is 326 g/mol. The van der Waals surface area contributed by atoms with Gasteiger partial charge in [-0.1, -0.05) is 0 Å². The lowest BCUT2D eigenvalue weighted by molar-refractivity contribution is 0.0904. The topological polar surface area (TPSA) is 88.0 Å². The minimum absolute atomic E-state index is 0.0116. The molecule has 6 nitrogen and oxygen atoms in total. The van der Waals surface area contributed by atoms with E-state index in [2.05, 4.69) is 31.4 Å². The summed E-state index contributed by atoms with van der Waals surface area (Å²) in [6.07, 6.45) is 2.14. The molecule has 0 saturated heterocycles. The lowest BCUT2D eigenvalue weighted by Crippen LogP contribution is -2.39. The summed E-state index contributed by atoms with van der Waals surface area (Å²) in [7, 11) is 0. The van der Waals surface area contributed by atoms with Crippen LogP contribution in [-0.2, 0) is 12.8 Å². The van der Waals surface area contributed by atoms with Crippen LogP contribution in [0.15, 0.2) is 32.1 Å². The lowest BCUT2D eigenvalue weighted by Gasteiger charge is -2.23. The van der Waals surface area contributed by atoms with Crippen LogP contribution in [0.25, 0.3) is 0 Å². The third-order valence-electron chi connectivity index (χ3n) is 3.31. The number of furan rings is 1. The van der Waals surface area contributed by atoms with E-state index in [0.29, 0.717) is 11.1 Å². The summed E-state index contributed by atoms with van der Waals surface area (Å²) in [6.45, 7) is 0. The minimum Gasteiger partial charge on any atom is -0.444 e. The molecule has 7 heteroatoms. The number of carbonyl (C=O) groups is 1. The molecule has 0 aromatic carbocycles. The van der Waals surface area contributed by atoms with Crippen molar-refractivity contribution in [1.82, 2.24) is 15.5 Å².